The van der Waals surface area contributed by atoms with Gasteiger partial charge in [0.05, 0.1) is 4.88 Å². The van der Waals surface area contributed by atoms with Gasteiger partial charge in [0.15, 0.2) is 11.5 Å². The highest BCUT2D eigenvalue weighted by Crippen LogP contribution is 2.37. The molecule has 2 aromatic carbocycles. The van der Waals surface area contributed by atoms with Crippen LogP contribution in [0.1, 0.15) is 5.69 Å². The molecule has 0 N–H and O–H groups in total. The van der Waals surface area contributed by atoms with Crippen molar-refractivity contribution >= 4 is 11.3 Å². The first-order chi connectivity index (χ1) is 12.5. The average Bonchev–Trinajstić information content (AvgIpc) is 3.30. The average molecular weight is 370 g/mol. The molecule has 4 rings (SSSR count). The Hall–Kier alpha value is -2.86. The van der Waals surface area contributed by atoms with Crippen molar-refractivity contribution in [3.63, 3.8) is 0 Å². The third kappa shape index (κ3) is 3.15. The number of para-hydroxylation sites is 1. The predicted molar refractivity (Wildman–Crippen MR) is 97.3 cm³/mol. The van der Waals surface area contributed by atoms with Crippen molar-refractivity contribution in [1.82, 2.24) is 9.55 Å². The van der Waals surface area contributed by atoms with Crippen molar-refractivity contribution in [1.29, 1.82) is 0 Å². The van der Waals surface area contributed by atoms with Crippen LogP contribution in [0.2, 0.25) is 0 Å². The summed E-state index contributed by atoms with van der Waals surface area (Å²) in [7, 11) is 0. The number of aromatic nitrogens is 2. The minimum Gasteiger partial charge on any atom is -0.298 e. The van der Waals surface area contributed by atoms with E-state index in [1.807, 2.05) is 48.5 Å². The van der Waals surface area contributed by atoms with Gasteiger partial charge >= 0.3 is 6.18 Å². The summed E-state index contributed by atoms with van der Waals surface area (Å²) in [5.74, 6) is 0.288. The van der Waals surface area contributed by atoms with Crippen LogP contribution in [0.4, 0.5) is 13.2 Å². The molecule has 4 aromatic rings. The lowest BCUT2D eigenvalue weighted by molar-refractivity contribution is -0.140. The molecule has 0 fully saturated rings. The molecule has 2 aromatic heterocycles. The third-order valence-electron chi connectivity index (χ3n) is 3.92. The van der Waals surface area contributed by atoms with Crippen LogP contribution in [0.15, 0.2) is 79.0 Å². The third-order valence-corrected chi connectivity index (χ3v) is 5.05. The zero-order valence-corrected chi connectivity index (χ0v) is 14.3. The number of nitrogens with zero attached hydrogens (tertiary/aromatic N) is 2. The Kier molecular flexibility index (Phi) is 4.12. The SMILES string of the molecule is FC(F)(F)c1cn(-c2ccccc2)c(-c2ccc(-c3ccccc3)s2)n1. The normalized spacial score (nSPS) is 11.7. The topological polar surface area (TPSA) is 17.8 Å². The van der Waals surface area contributed by atoms with Gasteiger partial charge in [-0.2, -0.15) is 13.2 Å². The molecule has 0 saturated carbocycles. The fraction of sp³-hybridized carbons (Fsp3) is 0.0500. The van der Waals surface area contributed by atoms with Crippen LogP contribution in [0.3, 0.4) is 0 Å². The van der Waals surface area contributed by atoms with Crippen molar-refractivity contribution in [3.8, 4) is 26.8 Å². The van der Waals surface area contributed by atoms with Crippen molar-refractivity contribution in [2.45, 2.75) is 6.18 Å². The summed E-state index contributed by atoms with van der Waals surface area (Å²) >= 11 is 1.42. The summed E-state index contributed by atoms with van der Waals surface area (Å²) in [6.45, 7) is 0. The minimum absolute atomic E-state index is 0.288. The largest absolute Gasteiger partial charge is 0.434 e. The number of rotatable bonds is 3. The number of halogens is 3. The van der Waals surface area contributed by atoms with Gasteiger partial charge in [0.1, 0.15) is 0 Å². The molecule has 0 aliphatic heterocycles. The van der Waals surface area contributed by atoms with Gasteiger partial charge in [-0.3, -0.25) is 4.57 Å². The maximum atomic E-state index is 13.2. The van der Waals surface area contributed by atoms with Crippen LogP contribution in [-0.2, 0) is 6.18 Å². The second kappa shape index (κ2) is 6.46. The van der Waals surface area contributed by atoms with E-state index in [-0.39, 0.29) is 5.82 Å². The van der Waals surface area contributed by atoms with Gasteiger partial charge in [0.25, 0.3) is 0 Å². The highest BCUT2D eigenvalue weighted by Gasteiger charge is 2.35. The van der Waals surface area contributed by atoms with E-state index in [1.165, 1.54) is 15.9 Å². The van der Waals surface area contributed by atoms with E-state index in [0.717, 1.165) is 16.6 Å². The molecule has 0 radical (unpaired) electrons. The van der Waals surface area contributed by atoms with Crippen LogP contribution in [0.5, 0.6) is 0 Å². The zero-order valence-electron chi connectivity index (χ0n) is 13.4. The maximum Gasteiger partial charge on any atom is 0.434 e. The highest BCUT2D eigenvalue weighted by atomic mass is 32.1. The summed E-state index contributed by atoms with van der Waals surface area (Å²) in [5.41, 5.74) is 0.767. The van der Waals surface area contributed by atoms with E-state index >= 15 is 0 Å². The molecule has 2 nitrogen and oxygen atoms in total. The molecule has 0 bridgehead atoms. The fourth-order valence-electron chi connectivity index (χ4n) is 2.69. The maximum absolute atomic E-state index is 13.2. The van der Waals surface area contributed by atoms with Gasteiger partial charge in [-0.25, -0.2) is 4.98 Å². The summed E-state index contributed by atoms with van der Waals surface area (Å²) in [4.78, 5) is 5.55. The first kappa shape index (κ1) is 16.6. The van der Waals surface area contributed by atoms with Gasteiger partial charge in [0, 0.05) is 16.8 Å². The van der Waals surface area contributed by atoms with Crippen LogP contribution < -0.4 is 0 Å². The molecule has 0 aliphatic rings. The second-order valence-corrected chi connectivity index (χ2v) is 6.77. The van der Waals surface area contributed by atoms with E-state index in [9.17, 15) is 13.2 Å². The van der Waals surface area contributed by atoms with Gasteiger partial charge in [-0.05, 0) is 29.8 Å². The van der Waals surface area contributed by atoms with E-state index in [1.54, 1.807) is 24.3 Å². The van der Waals surface area contributed by atoms with Crippen molar-refractivity contribution in [2.24, 2.45) is 0 Å². The second-order valence-electron chi connectivity index (χ2n) is 5.68. The minimum atomic E-state index is -4.49. The molecule has 26 heavy (non-hydrogen) atoms. The molecule has 2 heterocycles. The number of imidazole rings is 1. The smallest absolute Gasteiger partial charge is 0.298 e. The lowest BCUT2D eigenvalue weighted by Crippen LogP contribution is -2.04. The fourth-order valence-corrected chi connectivity index (χ4v) is 3.69. The molecule has 0 saturated heterocycles. The molecular weight excluding hydrogens is 357 g/mol. The van der Waals surface area contributed by atoms with Crippen molar-refractivity contribution in [2.75, 3.05) is 0 Å². The van der Waals surface area contributed by atoms with Gasteiger partial charge in [-0.15, -0.1) is 11.3 Å². The zero-order chi connectivity index (χ0) is 18.1. The molecule has 6 heteroatoms. The standard InChI is InChI=1S/C20H13F3N2S/c21-20(22,23)18-13-25(15-9-5-2-6-10-15)19(24-18)17-12-11-16(26-17)14-7-3-1-4-8-14/h1-13H. The van der Waals surface area contributed by atoms with Crippen molar-refractivity contribution in [3.05, 3.63) is 84.7 Å². The monoisotopic (exact) mass is 370 g/mol. The number of alkyl halides is 3. The lowest BCUT2D eigenvalue weighted by Gasteiger charge is -2.05. The molecule has 0 unspecified atom stereocenters. The number of thiophene rings is 1. The number of hydrogen-bond acceptors (Lipinski definition) is 2. The Labute approximate surface area is 152 Å². The Balaban J connectivity index is 1.84. The first-order valence-corrected chi connectivity index (χ1v) is 8.72. The number of benzene rings is 2. The molecule has 0 amide bonds. The molecule has 0 atom stereocenters. The summed E-state index contributed by atoms with van der Waals surface area (Å²) in [6, 6.07) is 22.4. The molecule has 0 spiro atoms. The van der Waals surface area contributed by atoms with Gasteiger partial charge in [-0.1, -0.05) is 48.5 Å². The van der Waals surface area contributed by atoms with E-state index < -0.39 is 11.9 Å². The lowest BCUT2D eigenvalue weighted by atomic mass is 10.2. The van der Waals surface area contributed by atoms with Crippen molar-refractivity contribution < 1.29 is 13.2 Å². The summed E-state index contributed by atoms with van der Waals surface area (Å²) < 4.78 is 41.1. The Morgan fingerprint density at radius 2 is 1.38 bits per heavy atom. The predicted octanol–water partition coefficient (Wildman–Crippen LogP) is 6.29. The Morgan fingerprint density at radius 3 is 2.04 bits per heavy atom. The van der Waals surface area contributed by atoms with Crippen LogP contribution >= 0.6 is 11.3 Å². The van der Waals surface area contributed by atoms with E-state index in [4.69, 9.17) is 0 Å². The van der Waals surface area contributed by atoms with Crippen LogP contribution in [-0.4, -0.2) is 9.55 Å². The first-order valence-electron chi connectivity index (χ1n) is 7.90. The summed E-state index contributed by atoms with van der Waals surface area (Å²) in [5, 5.41) is 0. The number of hydrogen-bond donors (Lipinski definition) is 0. The highest BCUT2D eigenvalue weighted by molar-refractivity contribution is 7.18. The molecule has 130 valence electrons. The van der Waals surface area contributed by atoms with Crippen LogP contribution in [0, 0.1) is 0 Å². The van der Waals surface area contributed by atoms with E-state index in [2.05, 4.69) is 4.98 Å². The van der Waals surface area contributed by atoms with Gasteiger partial charge < -0.3 is 0 Å². The molecule has 0 aliphatic carbocycles. The molecular formula is C20H13F3N2S. The van der Waals surface area contributed by atoms with E-state index in [0.29, 0.717) is 10.6 Å². The van der Waals surface area contributed by atoms with Crippen LogP contribution in [0.25, 0.3) is 26.8 Å². The van der Waals surface area contributed by atoms with Gasteiger partial charge in [0.2, 0.25) is 0 Å². The quantitative estimate of drug-likeness (QED) is 0.415. The Bertz CT molecular complexity index is 1020. The Morgan fingerprint density at radius 1 is 0.769 bits per heavy atom. The summed E-state index contributed by atoms with van der Waals surface area (Å²) in [6.07, 6.45) is -3.44.